The summed E-state index contributed by atoms with van der Waals surface area (Å²) in [4.78, 5) is 25.6. The van der Waals surface area contributed by atoms with Crippen molar-refractivity contribution in [3.8, 4) is 0 Å². The second kappa shape index (κ2) is 6.83. The number of piperidine rings is 1. The van der Waals surface area contributed by atoms with Gasteiger partial charge in [-0.1, -0.05) is 20.3 Å². The zero-order valence-electron chi connectivity index (χ0n) is 14.2. The third-order valence-electron chi connectivity index (χ3n) is 4.93. The lowest BCUT2D eigenvalue weighted by Crippen LogP contribution is -2.41. The van der Waals surface area contributed by atoms with Crippen molar-refractivity contribution in [2.24, 2.45) is 0 Å². The van der Waals surface area contributed by atoms with Crippen LogP contribution in [0.5, 0.6) is 0 Å². The minimum Gasteiger partial charge on any atom is -0.368 e. The van der Waals surface area contributed by atoms with E-state index in [1.165, 1.54) is 32.4 Å². The Morgan fingerprint density at radius 3 is 2.65 bits per heavy atom. The molecule has 0 spiro atoms. The number of nitrogens with zero attached hydrogens (tertiary/aromatic N) is 4. The monoisotopic (exact) mass is 317 g/mol. The van der Waals surface area contributed by atoms with E-state index in [0.29, 0.717) is 11.7 Å². The number of hydrogen-bond acceptors (Lipinski definition) is 5. The number of nitrogen functional groups attached to an aromatic ring is 1. The van der Waals surface area contributed by atoms with Crippen LogP contribution in [0.2, 0.25) is 0 Å². The Kier molecular flexibility index (Phi) is 4.80. The first-order valence-corrected chi connectivity index (χ1v) is 8.72. The summed E-state index contributed by atoms with van der Waals surface area (Å²) in [5, 5.41) is 0. The molecule has 1 aromatic rings. The number of likely N-dealkylation sites (tertiary alicyclic amines) is 2. The van der Waals surface area contributed by atoms with Gasteiger partial charge in [0.2, 0.25) is 5.95 Å². The minimum absolute atomic E-state index is 0.0134. The summed E-state index contributed by atoms with van der Waals surface area (Å²) in [5.74, 6) is 0.401. The summed E-state index contributed by atoms with van der Waals surface area (Å²) in [6, 6.07) is 2.29. The van der Waals surface area contributed by atoms with Gasteiger partial charge < -0.3 is 10.6 Å². The highest BCUT2D eigenvalue weighted by Gasteiger charge is 2.32. The van der Waals surface area contributed by atoms with E-state index in [1.807, 2.05) is 18.7 Å². The van der Waals surface area contributed by atoms with Gasteiger partial charge in [0.1, 0.15) is 5.69 Å². The lowest BCUT2D eigenvalue weighted by Gasteiger charge is -2.32. The Hall–Kier alpha value is -1.69. The van der Waals surface area contributed by atoms with Gasteiger partial charge in [-0.15, -0.1) is 0 Å². The lowest BCUT2D eigenvalue weighted by molar-refractivity contribution is 0.0765. The molecule has 0 aromatic carbocycles. The third kappa shape index (κ3) is 3.63. The fraction of sp³-hybridized carbons (Fsp3) is 0.706. The maximum Gasteiger partial charge on any atom is 0.272 e. The number of hydrogen-bond donors (Lipinski definition) is 1. The smallest absolute Gasteiger partial charge is 0.272 e. The van der Waals surface area contributed by atoms with Gasteiger partial charge >= 0.3 is 0 Å². The fourth-order valence-corrected chi connectivity index (χ4v) is 3.56. The van der Waals surface area contributed by atoms with Crippen LogP contribution >= 0.6 is 0 Å². The first-order chi connectivity index (χ1) is 11.0. The molecular formula is C17H27N5O. The number of rotatable bonds is 3. The molecule has 2 N–H and O–H groups in total. The van der Waals surface area contributed by atoms with Crippen molar-refractivity contribution in [3.63, 3.8) is 0 Å². The van der Waals surface area contributed by atoms with Crippen molar-refractivity contribution in [1.29, 1.82) is 0 Å². The summed E-state index contributed by atoms with van der Waals surface area (Å²) >= 11 is 0. The van der Waals surface area contributed by atoms with Gasteiger partial charge in [-0.3, -0.25) is 9.69 Å². The molecule has 1 amide bonds. The number of anilines is 1. The van der Waals surface area contributed by atoms with Crippen molar-refractivity contribution >= 4 is 11.9 Å². The van der Waals surface area contributed by atoms with E-state index in [4.69, 9.17) is 5.73 Å². The minimum atomic E-state index is -0.0134. The summed E-state index contributed by atoms with van der Waals surface area (Å²) in [7, 11) is 0. The molecule has 0 bridgehead atoms. The highest BCUT2D eigenvalue weighted by atomic mass is 16.2. The summed E-state index contributed by atoms with van der Waals surface area (Å²) in [6.07, 6.45) is 4.96. The van der Waals surface area contributed by atoms with Crippen LogP contribution in [0.1, 0.15) is 61.6 Å². The number of carbonyl (C=O) groups excluding carboxylic acids is 1. The molecular weight excluding hydrogens is 290 g/mol. The SMILES string of the molecule is CC(C)c1cc(C(=O)N2CC[C@H](N3CCCCC3)C2)nc(N)n1. The van der Waals surface area contributed by atoms with Gasteiger partial charge in [0.15, 0.2) is 0 Å². The topological polar surface area (TPSA) is 75.4 Å². The van der Waals surface area contributed by atoms with Crippen LogP contribution in [0.3, 0.4) is 0 Å². The molecule has 1 aromatic heterocycles. The Morgan fingerprint density at radius 1 is 1.22 bits per heavy atom. The zero-order chi connectivity index (χ0) is 16.4. The van der Waals surface area contributed by atoms with Crippen molar-refractivity contribution in [3.05, 3.63) is 17.5 Å². The van der Waals surface area contributed by atoms with Gasteiger partial charge in [-0.25, -0.2) is 9.97 Å². The van der Waals surface area contributed by atoms with Gasteiger partial charge in [0.05, 0.1) is 0 Å². The standard InChI is InChI=1S/C17H27N5O/c1-12(2)14-10-15(20-17(18)19-14)16(23)22-9-6-13(11-22)21-7-4-3-5-8-21/h10,12-13H,3-9,11H2,1-2H3,(H2,18,19,20)/t13-/m0/s1. The van der Waals surface area contributed by atoms with Crippen molar-refractivity contribution in [1.82, 2.24) is 19.8 Å². The quantitative estimate of drug-likeness (QED) is 0.921. The molecule has 1 atom stereocenters. The van der Waals surface area contributed by atoms with Crippen molar-refractivity contribution in [2.45, 2.75) is 51.5 Å². The Labute approximate surface area is 138 Å². The normalized spacial score (nSPS) is 22.7. The molecule has 23 heavy (non-hydrogen) atoms. The second-order valence-electron chi connectivity index (χ2n) is 6.98. The molecule has 6 heteroatoms. The average molecular weight is 317 g/mol. The van der Waals surface area contributed by atoms with Crippen molar-refractivity contribution < 1.29 is 4.79 Å². The molecule has 2 fully saturated rings. The Morgan fingerprint density at radius 2 is 1.96 bits per heavy atom. The largest absolute Gasteiger partial charge is 0.368 e. The Balaban J connectivity index is 1.69. The van der Waals surface area contributed by atoms with E-state index in [0.717, 1.165) is 25.2 Å². The molecule has 2 aliphatic heterocycles. The van der Waals surface area contributed by atoms with Crippen LogP contribution in [-0.2, 0) is 0 Å². The molecule has 126 valence electrons. The van der Waals surface area contributed by atoms with Gasteiger partial charge in [-0.2, -0.15) is 0 Å². The van der Waals surface area contributed by atoms with Gasteiger partial charge in [-0.05, 0) is 44.3 Å². The number of nitrogens with two attached hydrogens (primary N) is 1. The van der Waals surface area contributed by atoms with Crippen LogP contribution in [-0.4, -0.2) is 57.9 Å². The number of amides is 1. The highest BCUT2D eigenvalue weighted by molar-refractivity contribution is 5.92. The molecule has 2 aliphatic rings. The van der Waals surface area contributed by atoms with Crippen LogP contribution < -0.4 is 5.73 Å². The third-order valence-corrected chi connectivity index (χ3v) is 4.93. The first kappa shape index (κ1) is 16.2. The molecule has 0 unspecified atom stereocenters. The summed E-state index contributed by atoms with van der Waals surface area (Å²) < 4.78 is 0. The van der Waals surface area contributed by atoms with Crippen molar-refractivity contribution in [2.75, 3.05) is 31.9 Å². The zero-order valence-corrected chi connectivity index (χ0v) is 14.2. The molecule has 0 saturated carbocycles. The van der Waals surface area contributed by atoms with Crippen LogP contribution in [0.15, 0.2) is 6.07 Å². The maximum absolute atomic E-state index is 12.8. The van der Waals surface area contributed by atoms with E-state index >= 15 is 0 Å². The molecule has 3 heterocycles. The van der Waals surface area contributed by atoms with E-state index in [9.17, 15) is 4.79 Å². The van der Waals surface area contributed by atoms with E-state index in [-0.39, 0.29) is 17.8 Å². The molecule has 0 aliphatic carbocycles. The molecule has 2 saturated heterocycles. The van der Waals surface area contributed by atoms with E-state index in [2.05, 4.69) is 14.9 Å². The molecule has 3 rings (SSSR count). The number of aromatic nitrogens is 2. The van der Waals surface area contributed by atoms with Crippen LogP contribution in [0, 0.1) is 0 Å². The molecule has 0 radical (unpaired) electrons. The van der Waals surface area contributed by atoms with E-state index < -0.39 is 0 Å². The maximum atomic E-state index is 12.8. The molecule has 6 nitrogen and oxygen atoms in total. The van der Waals surface area contributed by atoms with Crippen LogP contribution in [0.4, 0.5) is 5.95 Å². The fourth-order valence-electron chi connectivity index (χ4n) is 3.56. The predicted molar refractivity (Wildman–Crippen MR) is 90.3 cm³/mol. The number of carbonyl (C=O) groups is 1. The second-order valence-corrected chi connectivity index (χ2v) is 6.98. The van der Waals surface area contributed by atoms with E-state index in [1.54, 1.807) is 6.07 Å². The first-order valence-electron chi connectivity index (χ1n) is 8.72. The van der Waals surface area contributed by atoms with Crippen LogP contribution in [0.25, 0.3) is 0 Å². The summed E-state index contributed by atoms with van der Waals surface area (Å²) in [6.45, 7) is 8.03. The predicted octanol–water partition coefficient (Wildman–Crippen LogP) is 1.88. The lowest BCUT2D eigenvalue weighted by atomic mass is 10.1. The highest BCUT2D eigenvalue weighted by Crippen LogP contribution is 2.22. The Bertz CT molecular complexity index is 568. The summed E-state index contributed by atoms with van der Waals surface area (Å²) in [5.41, 5.74) is 7.03. The average Bonchev–Trinajstić information content (AvgIpc) is 3.04. The van der Waals surface area contributed by atoms with Gasteiger partial charge in [0.25, 0.3) is 5.91 Å². The van der Waals surface area contributed by atoms with Gasteiger partial charge in [0, 0.05) is 24.8 Å².